The molecule has 0 aromatic rings. The number of hydrogen-bond acceptors (Lipinski definition) is 3. The highest BCUT2D eigenvalue weighted by molar-refractivity contribution is 5.81. The molecule has 68 valence electrons. The molecule has 12 heavy (non-hydrogen) atoms. The lowest BCUT2D eigenvalue weighted by atomic mass is 9.98. The summed E-state index contributed by atoms with van der Waals surface area (Å²) in [5.41, 5.74) is 4.15. The molecule has 1 saturated carbocycles. The van der Waals surface area contributed by atoms with Crippen molar-refractivity contribution in [2.75, 3.05) is 0 Å². The Labute approximate surface area is 69.2 Å². The molecule has 0 aromatic carbocycles. The molecule has 2 atom stereocenters. The van der Waals surface area contributed by atoms with Gasteiger partial charge in [-0.3, -0.25) is 9.59 Å². The molecule has 1 fully saturated rings. The van der Waals surface area contributed by atoms with Crippen LogP contribution in [0.15, 0.2) is 0 Å². The van der Waals surface area contributed by atoms with E-state index in [4.69, 9.17) is 15.9 Å². The van der Waals surface area contributed by atoms with E-state index in [1.54, 1.807) is 0 Å². The van der Waals surface area contributed by atoms with Crippen molar-refractivity contribution in [3.05, 3.63) is 0 Å². The first-order valence-corrected chi connectivity index (χ1v) is 3.71. The van der Waals surface area contributed by atoms with E-state index >= 15 is 0 Å². The molecule has 1 unspecified atom stereocenters. The molecular formula is C7H11NO4. The van der Waals surface area contributed by atoms with Gasteiger partial charge >= 0.3 is 11.9 Å². The second-order valence-electron chi connectivity index (χ2n) is 3.24. The summed E-state index contributed by atoms with van der Waals surface area (Å²) in [6.45, 7) is 0. The van der Waals surface area contributed by atoms with E-state index in [2.05, 4.69) is 0 Å². The Morgan fingerprint density at radius 2 is 2.00 bits per heavy atom. The Morgan fingerprint density at radius 3 is 2.25 bits per heavy atom. The Hall–Kier alpha value is -1.10. The van der Waals surface area contributed by atoms with E-state index in [-0.39, 0.29) is 12.8 Å². The fourth-order valence-corrected chi connectivity index (χ4v) is 1.48. The lowest BCUT2D eigenvalue weighted by Gasteiger charge is -2.16. The molecule has 0 saturated heterocycles. The number of carboxylic acids is 2. The lowest BCUT2D eigenvalue weighted by molar-refractivity contribution is -0.144. The van der Waals surface area contributed by atoms with Gasteiger partial charge in [0.25, 0.3) is 0 Å². The van der Waals surface area contributed by atoms with E-state index in [1.165, 1.54) is 0 Å². The topological polar surface area (TPSA) is 101 Å². The molecule has 1 aliphatic carbocycles. The van der Waals surface area contributed by atoms with Gasteiger partial charge in [0.1, 0.15) is 5.54 Å². The molecule has 0 amide bonds. The van der Waals surface area contributed by atoms with Crippen LogP contribution in [0.3, 0.4) is 0 Å². The van der Waals surface area contributed by atoms with Gasteiger partial charge in [0, 0.05) is 0 Å². The van der Waals surface area contributed by atoms with Crippen molar-refractivity contribution in [1.29, 1.82) is 0 Å². The zero-order valence-corrected chi connectivity index (χ0v) is 6.49. The van der Waals surface area contributed by atoms with E-state index in [0.717, 1.165) is 0 Å². The van der Waals surface area contributed by atoms with Gasteiger partial charge in [-0.05, 0) is 19.3 Å². The maximum absolute atomic E-state index is 10.6. The maximum Gasteiger partial charge on any atom is 0.323 e. The lowest BCUT2D eigenvalue weighted by Crippen LogP contribution is -2.45. The molecule has 0 aliphatic heterocycles. The minimum atomic E-state index is -1.32. The monoisotopic (exact) mass is 173 g/mol. The van der Waals surface area contributed by atoms with Crippen molar-refractivity contribution in [1.82, 2.24) is 0 Å². The molecule has 0 spiro atoms. The van der Waals surface area contributed by atoms with Gasteiger partial charge in [-0.15, -0.1) is 0 Å². The third kappa shape index (κ3) is 1.40. The second kappa shape index (κ2) is 2.75. The Morgan fingerprint density at radius 1 is 1.42 bits per heavy atom. The van der Waals surface area contributed by atoms with Crippen LogP contribution < -0.4 is 5.73 Å². The van der Waals surface area contributed by atoms with Crippen LogP contribution in [0, 0.1) is 5.92 Å². The molecule has 1 rings (SSSR count). The average Bonchev–Trinajstić information content (AvgIpc) is 2.33. The van der Waals surface area contributed by atoms with Crippen molar-refractivity contribution in [2.24, 2.45) is 11.7 Å². The summed E-state index contributed by atoms with van der Waals surface area (Å²) in [6.07, 6.45) is 0.648. The van der Waals surface area contributed by atoms with Gasteiger partial charge in [-0.1, -0.05) is 0 Å². The fraction of sp³-hybridized carbons (Fsp3) is 0.714. The summed E-state index contributed by atoms with van der Waals surface area (Å²) in [7, 11) is 0. The SMILES string of the molecule is NC1(C(=O)O)CC[C@@H](C(=O)O)C1. The molecule has 0 heterocycles. The van der Waals surface area contributed by atoms with E-state index in [1.807, 2.05) is 0 Å². The van der Waals surface area contributed by atoms with Crippen molar-refractivity contribution in [2.45, 2.75) is 24.8 Å². The third-order valence-electron chi connectivity index (χ3n) is 2.32. The Bertz CT molecular complexity index is 227. The summed E-state index contributed by atoms with van der Waals surface area (Å²) in [5, 5.41) is 17.2. The summed E-state index contributed by atoms with van der Waals surface area (Å²) in [4.78, 5) is 21.0. The highest BCUT2D eigenvalue weighted by Gasteiger charge is 2.44. The third-order valence-corrected chi connectivity index (χ3v) is 2.32. The average molecular weight is 173 g/mol. The Kier molecular flexibility index (Phi) is 2.06. The van der Waals surface area contributed by atoms with Gasteiger partial charge in [0.2, 0.25) is 0 Å². The number of carboxylic acid groups (broad SMARTS) is 2. The summed E-state index contributed by atoms with van der Waals surface area (Å²) in [6, 6.07) is 0. The van der Waals surface area contributed by atoms with Crippen molar-refractivity contribution in [3.8, 4) is 0 Å². The molecule has 0 bridgehead atoms. The molecular weight excluding hydrogens is 162 g/mol. The smallest absolute Gasteiger partial charge is 0.323 e. The van der Waals surface area contributed by atoms with E-state index in [9.17, 15) is 9.59 Å². The van der Waals surface area contributed by atoms with Crippen LogP contribution in [-0.4, -0.2) is 27.7 Å². The van der Waals surface area contributed by atoms with Gasteiger partial charge in [-0.2, -0.15) is 0 Å². The molecule has 4 N–H and O–H groups in total. The van der Waals surface area contributed by atoms with Crippen LogP contribution in [0.5, 0.6) is 0 Å². The van der Waals surface area contributed by atoms with E-state index < -0.39 is 23.4 Å². The number of carbonyl (C=O) groups is 2. The van der Waals surface area contributed by atoms with Crippen molar-refractivity contribution in [3.63, 3.8) is 0 Å². The van der Waals surface area contributed by atoms with Crippen LogP contribution in [0.25, 0.3) is 0 Å². The predicted molar refractivity (Wildman–Crippen MR) is 39.5 cm³/mol. The normalized spacial score (nSPS) is 34.9. The highest BCUT2D eigenvalue weighted by Crippen LogP contribution is 2.32. The number of aliphatic carboxylic acids is 2. The van der Waals surface area contributed by atoms with Crippen LogP contribution in [0.4, 0.5) is 0 Å². The first-order valence-electron chi connectivity index (χ1n) is 3.71. The number of hydrogen-bond donors (Lipinski definition) is 3. The summed E-state index contributed by atoms with van der Waals surface area (Å²) in [5.74, 6) is -2.65. The first kappa shape index (κ1) is 8.99. The quantitative estimate of drug-likeness (QED) is 0.530. The van der Waals surface area contributed by atoms with Crippen LogP contribution >= 0.6 is 0 Å². The molecule has 1 aliphatic rings. The van der Waals surface area contributed by atoms with Gasteiger partial charge in [0.15, 0.2) is 0 Å². The number of nitrogens with two attached hydrogens (primary N) is 1. The number of rotatable bonds is 2. The fourth-order valence-electron chi connectivity index (χ4n) is 1.48. The van der Waals surface area contributed by atoms with Crippen molar-refractivity contribution < 1.29 is 19.8 Å². The molecule has 5 heteroatoms. The summed E-state index contributed by atoms with van der Waals surface area (Å²) >= 11 is 0. The largest absolute Gasteiger partial charge is 0.481 e. The predicted octanol–water partition coefficient (Wildman–Crippen LogP) is -0.347. The summed E-state index contributed by atoms with van der Waals surface area (Å²) < 4.78 is 0. The Balaban J connectivity index is 2.67. The molecule has 0 radical (unpaired) electrons. The molecule has 5 nitrogen and oxygen atoms in total. The van der Waals surface area contributed by atoms with E-state index in [0.29, 0.717) is 6.42 Å². The first-order chi connectivity index (χ1) is 5.46. The second-order valence-corrected chi connectivity index (χ2v) is 3.24. The van der Waals surface area contributed by atoms with Gasteiger partial charge in [-0.25, -0.2) is 0 Å². The zero-order chi connectivity index (χ0) is 9.35. The minimum Gasteiger partial charge on any atom is -0.481 e. The molecule has 0 aromatic heterocycles. The van der Waals surface area contributed by atoms with Gasteiger partial charge < -0.3 is 15.9 Å². The van der Waals surface area contributed by atoms with Crippen LogP contribution in [0.1, 0.15) is 19.3 Å². The minimum absolute atomic E-state index is 0.0394. The van der Waals surface area contributed by atoms with Crippen molar-refractivity contribution >= 4 is 11.9 Å². The van der Waals surface area contributed by atoms with Gasteiger partial charge in [0.05, 0.1) is 5.92 Å². The highest BCUT2D eigenvalue weighted by atomic mass is 16.4. The maximum atomic E-state index is 10.6. The zero-order valence-electron chi connectivity index (χ0n) is 6.49. The standard InChI is InChI=1S/C7H11NO4/c8-7(6(11)12)2-1-4(3-7)5(9)10/h4H,1-3,8H2,(H,9,10)(H,11,12)/t4-,7?/m1/s1. The van der Waals surface area contributed by atoms with Crippen LogP contribution in [-0.2, 0) is 9.59 Å². The van der Waals surface area contributed by atoms with Crippen LogP contribution in [0.2, 0.25) is 0 Å².